The van der Waals surface area contributed by atoms with Crippen molar-refractivity contribution in [3.05, 3.63) is 441 Å². The van der Waals surface area contributed by atoms with Gasteiger partial charge in [0.2, 0.25) is 0 Å². The number of hydrogen-bond acceptors (Lipinski definition) is 12. The molecule has 14 heteroatoms. The van der Waals surface area contributed by atoms with Crippen LogP contribution in [0.25, 0.3) is 56.7 Å². The molecule has 0 bridgehead atoms. The number of fused-ring (bicyclic) bond motifs is 6. The predicted octanol–water partition coefficient (Wildman–Crippen LogP) is 28.7. The molecule has 2 atom stereocenters. The number of aryl methyl sites for hydroxylation is 8. The van der Waals surface area contributed by atoms with E-state index in [1.165, 1.54) is 11.1 Å². The molecule has 16 aromatic carbocycles. The lowest BCUT2D eigenvalue weighted by molar-refractivity contribution is 0.299. The maximum absolute atomic E-state index is 15.6. The summed E-state index contributed by atoms with van der Waals surface area (Å²) in [6.07, 6.45) is 3.62. The largest absolute Gasteiger partial charge is 0.489 e. The second-order valence-corrected chi connectivity index (χ2v) is 39.0. The third kappa shape index (κ3) is 18.5. The first-order valence-corrected chi connectivity index (χ1v) is 47.4. The number of para-hydroxylation sites is 2. The van der Waals surface area contributed by atoms with Crippen molar-refractivity contribution in [3.63, 3.8) is 0 Å². The van der Waals surface area contributed by atoms with Crippen LogP contribution in [0.2, 0.25) is 0 Å². The number of rotatable bonds is 30. The van der Waals surface area contributed by atoms with Gasteiger partial charge in [-0.05, 0) is 274 Å². The van der Waals surface area contributed by atoms with E-state index in [-0.39, 0.29) is 25.2 Å². The third-order valence-electron chi connectivity index (χ3n) is 24.7. The average molecular weight is 1760 g/mol. The van der Waals surface area contributed by atoms with E-state index in [4.69, 9.17) is 46.9 Å². The number of benzene rings is 16. The molecule has 2 aliphatic heterocycles. The smallest absolute Gasteiger partial charge is 0.311 e. The van der Waals surface area contributed by atoms with Gasteiger partial charge in [-0.25, -0.2) is 0 Å². The van der Waals surface area contributed by atoms with Gasteiger partial charge in [-0.15, -0.1) is 0 Å². The highest BCUT2D eigenvalue weighted by molar-refractivity contribution is 7.75. The highest BCUT2D eigenvalue weighted by atomic mass is 31.2. The summed E-state index contributed by atoms with van der Waals surface area (Å²) >= 11 is 0. The van der Waals surface area contributed by atoms with Gasteiger partial charge in [-0.3, -0.25) is 9.13 Å². The Labute approximate surface area is 767 Å². The summed E-state index contributed by atoms with van der Waals surface area (Å²) in [7, 11) is -7.51. The molecule has 2 aliphatic rings. The van der Waals surface area contributed by atoms with Crippen LogP contribution in [-0.4, -0.2) is 0 Å². The van der Waals surface area contributed by atoms with Gasteiger partial charge in [-0.1, -0.05) is 282 Å². The van der Waals surface area contributed by atoms with Crippen molar-refractivity contribution in [2.24, 2.45) is 0 Å². The van der Waals surface area contributed by atoms with Gasteiger partial charge in [0.05, 0.1) is 21.2 Å². The molecule has 0 spiro atoms. The molecule has 16 aromatic rings. The van der Waals surface area contributed by atoms with Gasteiger partial charge in [0.1, 0.15) is 109 Å². The van der Waals surface area contributed by atoms with Crippen molar-refractivity contribution in [1.29, 1.82) is 0 Å². The summed E-state index contributed by atoms with van der Waals surface area (Å²) in [6.45, 7) is 31.0. The van der Waals surface area contributed by atoms with Gasteiger partial charge >= 0.3 is 14.7 Å². The zero-order chi connectivity index (χ0) is 90.7. The average Bonchev–Trinajstić information content (AvgIpc) is 0.733. The SMILES string of the molecule is C=Cc1ccc(COc2ccc(OCc3ccc(-c4ccc(COc5c(C)cc(Oc6c(C)cc(C(C)(C)c7cc(C)c(Oc8cc(C)c(OCc9ccc(-c%10ccc(COc%11ccc(OCc%12ccc(C=C)cc%12)c(P%12(=O)Oc%13ccccc%13-c%13ccccc%13%12)c%11)cc%10)cc9)c(C)c8)c(C)c7)cc6C)cc5C)cc4)cc3)c(P3(=O)Oc4ccccc4-c4ccccc43)c2)cc1. The van der Waals surface area contributed by atoms with Crippen molar-refractivity contribution in [3.8, 4) is 114 Å². The standard InChI is InChI=1S/C117H102O12P2/c1-13-83-31-35-85(36-32-83)69-120-97-55-58-108(112(67-97)131(119)110-30-22-18-26-104(110)102-24-16-20-28-106(102)129-131)123-72-88-41-49-92(50-42-88)94-53-45-90(46-54-94)74-125-114-81(9)65-100(66-82(114)10)127-116-77(5)61-96(62-78(116)6)117(11,12)95-59-75(3)115(76(4)60-95)126-99-63-79(7)113(80(8)64-99)124-73-89-43-51-93(52-44-89)91-47-39-87(40-48-91)70-121-98-56-57-107(122-71-86-37-33-84(14-2)34-38-86)111(68-98)130(118)109-29-21-17-25-103(109)101-23-15-19-27-105(101)128-130/h13-68H,1-2,69-74H2,3-12H3. The molecule has 18 rings (SSSR count). The molecule has 652 valence electrons. The van der Waals surface area contributed by atoms with Crippen molar-refractivity contribution in [2.45, 2.75) is 114 Å². The Bertz CT molecular complexity index is 7020. The monoisotopic (exact) mass is 1760 g/mol. The quantitative estimate of drug-likeness (QED) is 0.0398. The zero-order valence-electron chi connectivity index (χ0n) is 75.3. The Hall–Kier alpha value is -14.5. The lowest BCUT2D eigenvalue weighted by atomic mass is 9.76. The fourth-order valence-electron chi connectivity index (χ4n) is 17.4. The molecule has 0 saturated carbocycles. The fourth-order valence-corrected chi connectivity index (χ4v) is 22.3. The van der Waals surface area contributed by atoms with E-state index in [9.17, 15) is 0 Å². The molecule has 0 aliphatic carbocycles. The van der Waals surface area contributed by atoms with Crippen molar-refractivity contribution in [2.75, 3.05) is 0 Å². The molecular formula is C117H102O12P2. The molecule has 131 heavy (non-hydrogen) atoms. The topological polar surface area (TPSA) is 126 Å². The van der Waals surface area contributed by atoms with Crippen LogP contribution >= 0.6 is 14.7 Å². The predicted molar refractivity (Wildman–Crippen MR) is 530 cm³/mol. The van der Waals surface area contributed by atoms with Crippen molar-refractivity contribution >= 4 is 48.1 Å². The minimum Gasteiger partial charge on any atom is -0.489 e. The third-order valence-corrected chi connectivity index (χ3v) is 29.6. The molecule has 12 nitrogen and oxygen atoms in total. The summed E-state index contributed by atoms with van der Waals surface area (Å²) in [5, 5.41) is 2.08. The number of hydrogen-bond donors (Lipinski definition) is 0. The molecule has 0 fully saturated rings. The molecule has 0 N–H and O–H groups in total. The lowest BCUT2D eigenvalue weighted by Crippen LogP contribution is -2.26. The first kappa shape index (κ1) is 87.2. The molecular weight excluding hydrogens is 1660 g/mol. The van der Waals surface area contributed by atoms with Gasteiger partial charge in [0, 0.05) is 16.5 Å². The van der Waals surface area contributed by atoms with Crippen LogP contribution in [0.3, 0.4) is 0 Å². The summed E-state index contributed by atoms with van der Waals surface area (Å²) in [6, 6.07) is 109. The van der Waals surface area contributed by atoms with Crippen molar-refractivity contribution < 1.29 is 56.1 Å². The minimum atomic E-state index is -3.76. The van der Waals surface area contributed by atoms with Crippen LogP contribution in [0.4, 0.5) is 0 Å². The highest BCUT2D eigenvalue weighted by Crippen LogP contribution is 2.58. The van der Waals surface area contributed by atoms with Crippen LogP contribution in [0.5, 0.6) is 69.0 Å². The molecule has 0 radical (unpaired) electrons. The van der Waals surface area contributed by atoms with E-state index in [1.54, 1.807) is 12.1 Å². The first-order chi connectivity index (χ1) is 63.5. The van der Waals surface area contributed by atoms with Crippen LogP contribution in [-0.2, 0) is 54.2 Å². The zero-order valence-corrected chi connectivity index (χ0v) is 77.1. The van der Waals surface area contributed by atoms with Crippen LogP contribution in [0, 0.1) is 55.4 Å². The van der Waals surface area contributed by atoms with Crippen LogP contribution < -0.4 is 68.2 Å². The van der Waals surface area contributed by atoms with E-state index in [0.29, 0.717) is 75.5 Å². The van der Waals surface area contributed by atoms with E-state index >= 15 is 9.13 Å². The molecule has 2 unspecified atom stereocenters. The van der Waals surface area contributed by atoms with E-state index in [2.05, 4.69) is 228 Å². The Morgan fingerprint density at radius 1 is 0.275 bits per heavy atom. The normalized spacial score (nSPS) is 14.1. The summed E-state index contributed by atoms with van der Waals surface area (Å²) in [5.41, 5.74) is 26.0. The second-order valence-electron chi connectivity index (χ2n) is 34.5. The second kappa shape index (κ2) is 37.3. The molecule has 0 saturated heterocycles. The fraction of sp³-hybridized carbons (Fsp3) is 0.145. The lowest BCUT2D eigenvalue weighted by Gasteiger charge is -2.30. The highest BCUT2D eigenvalue weighted by Gasteiger charge is 2.43. The van der Waals surface area contributed by atoms with Crippen LogP contribution in [0.1, 0.15) is 114 Å². The summed E-state index contributed by atoms with van der Waals surface area (Å²) in [5.74, 6) is 7.94. The van der Waals surface area contributed by atoms with Crippen LogP contribution in [0.15, 0.2) is 341 Å². The maximum Gasteiger partial charge on any atom is 0.311 e. The van der Waals surface area contributed by atoms with Gasteiger partial charge in [0.15, 0.2) is 0 Å². The van der Waals surface area contributed by atoms with E-state index in [1.807, 2.05) is 182 Å². The van der Waals surface area contributed by atoms with E-state index in [0.717, 1.165) is 168 Å². The maximum atomic E-state index is 15.6. The van der Waals surface area contributed by atoms with Gasteiger partial charge in [-0.2, -0.15) is 0 Å². The Kier molecular flexibility index (Phi) is 24.8. The number of ether oxygens (including phenoxy) is 8. The minimum absolute atomic E-state index is 0.232. The first-order valence-electron chi connectivity index (χ1n) is 44.2. The molecule has 2 heterocycles. The van der Waals surface area contributed by atoms with Crippen molar-refractivity contribution in [1.82, 2.24) is 0 Å². The summed E-state index contributed by atoms with van der Waals surface area (Å²) < 4.78 is 97.0. The Balaban J connectivity index is 0.468. The molecule has 0 amide bonds. The summed E-state index contributed by atoms with van der Waals surface area (Å²) in [4.78, 5) is 0. The Morgan fingerprint density at radius 3 is 0.870 bits per heavy atom. The van der Waals surface area contributed by atoms with Gasteiger partial charge in [0.25, 0.3) is 0 Å². The Morgan fingerprint density at radius 2 is 0.550 bits per heavy atom. The van der Waals surface area contributed by atoms with E-state index < -0.39 is 14.7 Å². The van der Waals surface area contributed by atoms with Gasteiger partial charge < -0.3 is 46.9 Å². The molecule has 0 aromatic heterocycles.